The zero-order valence-corrected chi connectivity index (χ0v) is 11.9. The number of amides is 1. The second kappa shape index (κ2) is 5.33. The molecule has 1 heterocycles. The minimum Gasteiger partial charge on any atom is -0.388 e. The summed E-state index contributed by atoms with van der Waals surface area (Å²) in [5, 5.41) is 17.4. The third-order valence-corrected chi connectivity index (χ3v) is 4.43. The third-order valence-electron chi connectivity index (χ3n) is 4.43. The molecular formula is C14H23N3O2. The standard InChI is InChI=1S/C14H23N3O2/c1-10-5-4-7-14(10,19)9-15-13(18)11(2)12-6-8-16-17(12)3/h6,8,10-11,19H,4-5,7,9H2,1-3H3,(H,15,18). The lowest BCUT2D eigenvalue weighted by Crippen LogP contribution is -2.45. The molecule has 5 nitrogen and oxygen atoms in total. The lowest BCUT2D eigenvalue weighted by molar-refractivity contribution is -0.124. The van der Waals surface area contributed by atoms with Crippen molar-refractivity contribution in [3.63, 3.8) is 0 Å². The summed E-state index contributed by atoms with van der Waals surface area (Å²) in [6.07, 6.45) is 4.52. The van der Waals surface area contributed by atoms with E-state index in [1.165, 1.54) is 0 Å². The van der Waals surface area contributed by atoms with Crippen molar-refractivity contribution in [2.45, 2.75) is 44.6 Å². The van der Waals surface area contributed by atoms with Gasteiger partial charge >= 0.3 is 0 Å². The summed E-state index contributed by atoms with van der Waals surface area (Å²) in [4.78, 5) is 12.1. The number of aliphatic hydroxyl groups is 1. The predicted molar refractivity (Wildman–Crippen MR) is 72.6 cm³/mol. The summed E-state index contributed by atoms with van der Waals surface area (Å²) in [7, 11) is 1.83. The molecule has 2 N–H and O–H groups in total. The predicted octanol–water partition coefficient (Wildman–Crippen LogP) is 1.19. The Labute approximate surface area is 114 Å². The Morgan fingerprint density at radius 3 is 3.00 bits per heavy atom. The van der Waals surface area contributed by atoms with Gasteiger partial charge in [-0.3, -0.25) is 9.48 Å². The van der Waals surface area contributed by atoms with Gasteiger partial charge in [0, 0.05) is 19.8 Å². The van der Waals surface area contributed by atoms with Crippen molar-refractivity contribution < 1.29 is 9.90 Å². The molecule has 0 aromatic carbocycles. The molecular weight excluding hydrogens is 242 g/mol. The Morgan fingerprint density at radius 1 is 1.74 bits per heavy atom. The summed E-state index contributed by atoms with van der Waals surface area (Å²) in [6, 6.07) is 1.84. The number of aryl methyl sites for hydroxylation is 1. The lowest BCUT2D eigenvalue weighted by Gasteiger charge is -2.28. The van der Waals surface area contributed by atoms with Gasteiger partial charge in [-0.2, -0.15) is 5.10 Å². The van der Waals surface area contributed by atoms with E-state index in [1.54, 1.807) is 10.9 Å². The number of aromatic nitrogens is 2. The van der Waals surface area contributed by atoms with Crippen LogP contribution in [-0.4, -0.2) is 32.9 Å². The number of carbonyl (C=O) groups is 1. The number of carbonyl (C=O) groups excluding carboxylic acids is 1. The van der Waals surface area contributed by atoms with Crippen LogP contribution in [0.5, 0.6) is 0 Å². The minimum absolute atomic E-state index is 0.0591. The SMILES string of the molecule is CC(C(=O)NCC1(O)CCCC1C)c1ccnn1C. The molecule has 106 valence electrons. The molecule has 2 rings (SSSR count). The van der Waals surface area contributed by atoms with E-state index in [0.717, 1.165) is 25.0 Å². The second-order valence-electron chi connectivity index (χ2n) is 5.72. The number of hydrogen-bond acceptors (Lipinski definition) is 3. The fourth-order valence-corrected chi connectivity index (χ4v) is 2.83. The fraction of sp³-hybridized carbons (Fsp3) is 0.714. The van der Waals surface area contributed by atoms with Gasteiger partial charge in [-0.15, -0.1) is 0 Å². The molecule has 1 fully saturated rings. The van der Waals surface area contributed by atoms with Crippen molar-refractivity contribution in [3.8, 4) is 0 Å². The van der Waals surface area contributed by atoms with E-state index in [1.807, 2.05) is 27.0 Å². The van der Waals surface area contributed by atoms with Crippen LogP contribution in [0, 0.1) is 5.92 Å². The molecule has 0 spiro atoms. The van der Waals surface area contributed by atoms with Crippen LogP contribution in [0.1, 0.15) is 44.7 Å². The van der Waals surface area contributed by atoms with Gasteiger partial charge in [0.05, 0.1) is 17.2 Å². The van der Waals surface area contributed by atoms with E-state index in [0.29, 0.717) is 6.54 Å². The fourth-order valence-electron chi connectivity index (χ4n) is 2.83. The number of nitrogens with one attached hydrogen (secondary N) is 1. The van der Waals surface area contributed by atoms with Gasteiger partial charge in [0.1, 0.15) is 0 Å². The maximum Gasteiger partial charge on any atom is 0.228 e. The van der Waals surface area contributed by atoms with Crippen LogP contribution < -0.4 is 5.32 Å². The van der Waals surface area contributed by atoms with Gasteiger partial charge in [0.2, 0.25) is 5.91 Å². The van der Waals surface area contributed by atoms with Gasteiger partial charge in [0.15, 0.2) is 0 Å². The third kappa shape index (κ3) is 2.81. The molecule has 1 aromatic rings. The van der Waals surface area contributed by atoms with Gasteiger partial charge in [0.25, 0.3) is 0 Å². The molecule has 1 saturated carbocycles. The van der Waals surface area contributed by atoms with Crippen LogP contribution >= 0.6 is 0 Å². The number of nitrogens with zero attached hydrogens (tertiary/aromatic N) is 2. The quantitative estimate of drug-likeness (QED) is 0.859. The van der Waals surface area contributed by atoms with Gasteiger partial charge in [-0.05, 0) is 31.7 Å². The summed E-state index contributed by atoms with van der Waals surface area (Å²) in [5.41, 5.74) is 0.144. The first-order valence-corrected chi connectivity index (χ1v) is 6.92. The van der Waals surface area contributed by atoms with E-state index in [2.05, 4.69) is 10.4 Å². The molecule has 0 bridgehead atoms. The van der Waals surface area contributed by atoms with E-state index >= 15 is 0 Å². The summed E-state index contributed by atoms with van der Waals surface area (Å²) in [6.45, 7) is 4.24. The molecule has 5 heteroatoms. The highest BCUT2D eigenvalue weighted by molar-refractivity contribution is 5.82. The molecule has 0 radical (unpaired) electrons. The van der Waals surface area contributed by atoms with Crippen molar-refractivity contribution in [3.05, 3.63) is 18.0 Å². The Bertz CT molecular complexity index is 457. The first-order chi connectivity index (χ1) is 8.94. The second-order valence-corrected chi connectivity index (χ2v) is 5.72. The van der Waals surface area contributed by atoms with E-state index in [9.17, 15) is 9.90 Å². The normalized spacial score (nSPS) is 28.3. The van der Waals surface area contributed by atoms with Crippen molar-refractivity contribution in [2.75, 3.05) is 6.54 Å². The topological polar surface area (TPSA) is 67.2 Å². The summed E-state index contributed by atoms with van der Waals surface area (Å²) >= 11 is 0. The highest BCUT2D eigenvalue weighted by atomic mass is 16.3. The number of rotatable bonds is 4. The zero-order chi connectivity index (χ0) is 14.0. The lowest BCUT2D eigenvalue weighted by atomic mass is 9.92. The van der Waals surface area contributed by atoms with Gasteiger partial charge < -0.3 is 10.4 Å². The Morgan fingerprint density at radius 2 is 2.47 bits per heavy atom. The van der Waals surface area contributed by atoms with E-state index in [4.69, 9.17) is 0 Å². The van der Waals surface area contributed by atoms with Crippen LogP contribution in [0.25, 0.3) is 0 Å². The molecule has 3 unspecified atom stereocenters. The molecule has 1 aromatic heterocycles. The molecule has 1 amide bonds. The van der Waals surface area contributed by atoms with Crippen LogP contribution in [0.4, 0.5) is 0 Å². The Hall–Kier alpha value is -1.36. The summed E-state index contributed by atoms with van der Waals surface area (Å²) < 4.78 is 1.71. The molecule has 0 aliphatic heterocycles. The van der Waals surface area contributed by atoms with Crippen LogP contribution in [0.2, 0.25) is 0 Å². The van der Waals surface area contributed by atoms with E-state index < -0.39 is 5.60 Å². The van der Waals surface area contributed by atoms with Crippen LogP contribution in [0.3, 0.4) is 0 Å². The molecule has 0 saturated heterocycles. The van der Waals surface area contributed by atoms with Crippen molar-refractivity contribution in [1.82, 2.24) is 15.1 Å². The first kappa shape index (κ1) is 14.1. The minimum atomic E-state index is -0.734. The average molecular weight is 265 g/mol. The maximum atomic E-state index is 12.1. The van der Waals surface area contributed by atoms with Crippen LogP contribution in [-0.2, 0) is 11.8 Å². The van der Waals surface area contributed by atoms with Gasteiger partial charge in [-0.25, -0.2) is 0 Å². The smallest absolute Gasteiger partial charge is 0.228 e. The zero-order valence-electron chi connectivity index (χ0n) is 11.9. The van der Waals surface area contributed by atoms with Crippen molar-refractivity contribution in [2.24, 2.45) is 13.0 Å². The molecule has 3 atom stereocenters. The highest BCUT2D eigenvalue weighted by Crippen LogP contribution is 2.34. The van der Waals surface area contributed by atoms with Gasteiger partial charge in [-0.1, -0.05) is 13.3 Å². The summed E-state index contributed by atoms with van der Waals surface area (Å²) in [5.74, 6) is -0.0660. The van der Waals surface area contributed by atoms with E-state index in [-0.39, 0.29) is 17.7 Å². The van der Waals surface area contributed by atoms with Crippen molar-refractivity contribution in [1.29, 1.82) is 0 Å². The first-order valence-electron chi connectivity index (χ1n) is 6.92. The highest BCUT2D eigenvalue weighted by Gasteiger charge is 2.38. The molecule has 19 heavy (non-hydrogen) atoms. The molecule has 1 aliphatic carbocycles. The van der Waals surface area contributed by atoms with Crippen molar-refractivity contribution >= 4 is 5.91 Å². The van der Waals surface area contributed by atoms with Crippen LogP contribution in [0.15, 0.2) is 12.3 Å². The molecule has 1 aliphatic rings. The Balaban J connectivity index is 1.93. The Kier molecular flexibility index (Phi) is 3.94. The maximum absolute atomic E-state index is 12.1. The monoisotopic (exact) mass is 265 g/mol. The average Bonchev–Trinajstić information content (AvgIpc) is 2.94. The number of hydrogen-bond donors (Lipinski definition) is 2. The largest absolute Gasteiger partial charge is 0.388 e.